The van der Waals surface area contributed by atoms with Gasteiger partial charge in [-0.25, -0.2) is 0 Å². The minimum Gasteiger partial charge on any atom is -0.269 e. The highest BCUT2D eigenvalue weighted by atomic mass is 79.9. The van der Waals surface area contributed by atoms with Gasteiger partial charge in [0.05, 0.1) is 17.2 Å². The highest BCUT2D eigenvalue weighted by molar-refractivity contribution is 9.09. The first kappa shape index (κ1) is 6.51. The standard InChI is InChI=1S/C3H5BrO3S/c4-3-1-7-8(5,6)2-3/h3H,1-2H2/t3-/m0/s1. The van der Waals surface area contributed by atoms with Gasteiger partial charge < -0.3 is 0 Å². The maximum Gasteiger partial charge on any atom is 0.268 e. The number of halogens is 1. The lowest BCUT2D eigenvalue weighted by Crippen LogP contribution is -2.02. The van der Waals surface area contributed by atoms with Crippen LogP contribution in [-0.4, -0.2) is 25.6 Å². The second-order valence-corrected chi connectivity index (χ2v) is 4.59. The average molecular weight is 201 g/mol. The Bertz CT molecular complexity index is 173. The molecule has 0 amide bonds. The van der Waals surface area contributed by atoms with Crippen molar-refractivity contribution in [1.29, 1.82) is 0 Å². The van der Waals surface area contributed by atoms with Crippen LogP contribution in [0.1, 0.15) is 0 Å². The van der Waals surface area contributed by atoms with Crippen LogP contribution in [0.25, 0.3) is 0 Å². The van der Waals surface area contributed by atoms with Gasteiger partial charge in [-0.15, -0.1) is 0 Å². The van der Waals surface area contributed by atoms with Crippen LogP contribution in [-0.2, 0) is 14.3 Å². The Morgan fingerprint density at radius 2 is 2.25 bits per heavy atom. The van der Waals surface area contributed by atoms with E-state index >= 15 is 0 Å². The zero-order chi connectivity index (χ0) is 6.20. The van der Waals surface area contributed by atoms with Crippen LogP contribution in [0.2, 0.25) is 0 Å². The summed E-state index contributed by atoms with van der Waals surface area (Å²) in [5.41, 5.74) is 0. The van der Waals surface area contributed by atoms with Crippen LogP contribution >= 0.6 is 15.9 Å². The van der Waals surface area contributed by atoms with Gasteiger partial charge in [0.2, 0.25) is 0 Å². The first-order valence-electron chi connectivity index (χ1n) is 2.11. The SMILES string of the molecule is O=S1(=O)C[C@@H](Br)CO1. The summed E-state index contributed by atoms with van der Waals surface area (Å²) in [5, 5.41) is 0. The summed E-state index contributed by atoms with van der Waals surface area (Å²) in [4.78, 5) is -0.00694. The zero-order valence-electron chi connectivity index (χ0n) is 4.00. The second kappa shape index (κ2) is 1.97. The Hall–Kier alpha value is 0.390. The molecule has 0 aromatic carbocycles. The molecule has 0 bridgehead atoms. The van der Waals surface area contributed by atoms with Crippen LogP contribution in [0, 0.1) is 0 Å². The Labute approximate surface area is 56.3 Å². The van der Waals surface area contributed by atoms with Crippen molar-refractivity contribution >= 4 is 26.0 Å². The van der Waals surface area contributed by atoms with Crippen molar-refractivity contribution in [2.75, 3.05) is 12.4 Å². The second-order valence-electron chi connectivity index (χ2n) is 1.61. The third kappa shape index (κ3) is 1.43. The molecule has 0 aromatic heterocycles. The van der Waals surface area contributed by atoms with E-state index in [-0.39, 0.29) is 17.2 Å². The van der Waals surface area contributed by atoms with Gasteiger partial charge in [-0.3, -0.25) is 4.18 Å². The molecule has 0 N–H and O–H groups in total. The van der Waals surface area contributed by atoms with Gasteiger partial charge in [0.25, 0.3) is 10.1 Å². The van der Waals surface area contributed by atoms with Crippen molar-refractivity contribution in [3.63, 3.8) is 0 Å². The molecule has 0 unspecified atom stereocenters. The Kier molecular flexibility index (Phi) is 1.60. The number of alkyl halides is 1. The van der Waals surface area contributed by atoms with Crippen LogP contribution in [0.4, 0.5) is 0 Å². The number of hydrogen-bond donors (Lipinski definition) is 0. The molecule has 0 aromatic rings. The molecule has 1 atom stereocenters. The Balaban J connectivity index is 2.71. The van der Waals surface area contributed by atoms with Crippen molar-refractivity contribution in [2.45, 2.75) is 4.83 Å². The minimum absolute atomic E-state index is 0.00694. The molecule has 1 heterocycles. The molecule has 48 valence electrons. The summed E-state index contributed by atoms with van der Waals surface area (Å²) in [5.74, 6) is 0.104. The van der Waals surface area contributed by atoms with Gasteiger partial charge >= 0.3 is 0 Å². The fourth-order valence-electron chi connectivity index (χ4n) is 0.495. The predicted octanol–water partition coefficient (Wildman–Crippen LogP) is 0.110. The Morgan fingerprint density at radius 3 is 2.38 bits per heavy atom. The van der Waals surface area contributed by atoms with E-state index in [1.807, 2.05) is 0 Å². The van der Waals surface area contributed by atoms with Crippen LogP contribution in [0.3, 0.4) is 0 Å². The first-order valence-corrected chi connectivity index (χ1v) is 4.61. The molecular weight excluding hydrogens is 196 g/mol. The average Bonchev–Trinajstić information content (AvgIpc) is 1.82. The summed E-state index contributed by atoms with van der Waals surface area (Å²) < 4.78 is 25.2. The lowest BCUT2D eigenvalue weighted by molar-refractivity contribution is 0.358. The molecule has 1 aliphatic heterocycles. The smallest absolute Gasteiger partial charge is 0.268 e. The highest BCUT2D eigenvalue weighted by Crippen LogP contribution is 2.14. The van der Waals surface area contributed by atoms with Crippen molar-refractivity contribution in [1.82, 2.24) is 0 Å². The van der Waals surface area contributed by atoms with E-state index in [9.17, 15) is 8.42 Å². The first-order chi connectivity index (χ1) is 3.60. The molecule has 1 aliphatic rings. The van der Waals surface area contributed by atoms with E-state index < -0.39 is 10.1 Å². The monoisotopic (exact) mass is 200 g/mol. The number of rotatable bonds is 0. The van der Waals surface area contributed by atoms with Crippen LogP contribution in [0.5, 0.6) is 0 Å². The summed E-state index contributed by atoms with van der Waals surface area (Å²) >= 11 is 3.11. The van der Waals surface area contributed by atoms with E-state index in [0.29, 0.717) is 0 Å². The van der Waals surface area contributed by atoms with Crippen LogP contribution < -0.4 is 0 Å². The molecule has 5 heteroatoms. The van der Waals surface area contributed by atoms with Gasteiger partial charge in [-0.1, -0.05) is 15.9 Å². The van der Waals surface area contributed by atoms with Crippen molar-refractivity contribution < 1.29 is 12.6 Å². The summed E-state index contributed by atoms with van der Waals surface area (Å²) in [6, 6.07) is 0. The molecule has 0 aliphatic carbocycles. The van der Waals surface area contributed by atoms with E-state index in [1.54, 1.807) is 0 Å². The lowest BCUT2D eigenvalue weighted by Gasteiger charge is -1.84. The summed E-state index contributed by atoms with van der Waals surface area (Å²) in [7, 11) is -3.14. The molecule has 1 rings (SSSR count). The molecule has 0 saturated carbocycles. The molecule has 0 spiro atoms. The molecule has 8 heavy (non-hydrogen) atoms. The van der Waals surface area contributed by atoms with Gasteiger partial charge in [-0.2, -0.15) is 8.42 Å². The minimum atomic E-state index is -3.14. The largest absolute Gasteiger partial charge is 0.269 e. The van der Waals surface area contributed by atoms with Crippen LogP contribution in [0.15, 0.2) is 0 Å². The van der Waals surface area contributed by atoms with Crippen molar-refractivity contribution in [3.05, 3.63) is 0 Å². The normalized spacial score (nSPS) is 35.4. The molecule has 1 fully saturated rings. The van der Waals surface area contributed by atoms with Gasteiger partial charge in [0.1, 0.15) is 0 Å². The maximum atomic E-state index is 10.4. The van der Waals surface area contributed by atoms with E-state index in [1.165, 1.54) is 0 Å². The molecule has 1 saturated heterocycles. The molecular formula is C3H5BrO3S. The Morgan fingerprint density at radius 1 is 1.62 bits per heavy atom. The maximum absolute atomic E-state index is 10.4. The van der Waals surface area contributed by atoms with Gasteiger partial charge in [0.15, 0.2) is 0 Å². The van der Waals surface area contributed by atoms with Gasteiger partial charge in [0, 0.05) is 0 Å². The fraction of sp³-hybridized carbons (Fsp3) is 1.00. The number of hydrogen-bond acceptors (Lipinski definition) is 3. The van der Waals surface area contributed by atoms with Gasteiger partial charge in [-0.05, 0) is 0 Å². The third-order valence-electron chi connectivity index (χ3n) is 0.813. The molecule has 3 nitrogen and oxygen atoms in total. The van der Waals surface area contributed by atoms with Crippen molar-refractivity contribution in [2.24, 2.45) is 0 Å². The van der Waals surface area contributed by atoms with Crippen molar-refractivity contribution in [3.8, 4) is 0 Å². The fourth-order valence-corrected chi connectivity index (χ4v) is 2.78. The molecule has 0 radical (unpaired) electrons. The third-order valence-corrected chi connectivity index (χ3v) is 3.14. The van der Waals surface area contributed by atoms with E-state index in [0.717, 1.165) is 0 Å². The zero-order valence-corrected chi connectivity index (χ0v) is 6.41. The predicted molar refractivity (Wildman–Crippen MR) is 32.5 cm³/mol. The topological polar surface area (TPSA) is 43.4 Å². The summed E-state index contributed by atoms with van der Waals surface area (Å²) in [6.07, 6.45) is 0. The summed E-state index contributed by atoms with van der Waals surface area (Å²) in [6.45, 7) is 0.280. The lowest BCUT2D eigenvalue weighted by atomic mass is 10.5. The quantitative estimate of drug-likeness (QED) is 0.412. The van der Waals surface area contributed by atoms with E-state index in [2.05, 4.69) is 20.1 Å². The highest BCUT2D eigenvalue weighted by Gasteiger charge is 2.26. The van der Waals surface area contributed by atoms with E-state index in [4.69, 9.17) is 0 Å².